The molecule has 0 heterocycles. The van der Waals surface area contributed by atoms with E-state index in [1.54, 1.807) is 12.1 Å². The van der Waals surface area contributed by atoms with Crippen molar-refractivity contribution in [1.82, 2.24) is 0 Å². The predicted molar refractivity (Wildman–Crippen MR) is 53.9 cm³/mol. The van der Waals surface area contributed by atoms with E-state index >= 15 is 0 Å². The van der Waals surface area contributed by atoms with Crippen molar-refractivity contribution in [2.24, 2.45) is 0 Å². The Labute approximate surface area is 87.7 Å². The van der Waals surface area contributed by atoms with Crippen LogP contribution >= 0.6 is 11.6 Å². The van der Waals surface area contributed by atoms with E-state index in [2.05, 4.69) is 6.07 Å². The second kappa shape index (κ2) is 3.27. The normalized spacial score (nSPS) is 17.5. The Balaban J connectivity index is 2.49. The second-order valence-electron chi connectivity index (χ2n) is 3.65. The van der Waals surface area contributed by atoms with Crippen LogP contribution in [0.4, 0.5) is 0 Å². The third-order valence-electron chi connectivity index (χ3n) is 2.72. The second-order valence-corrected chi connectivity index (χ2v) is 4.09. The zero-order chi connectivity index (χ0) is 10.2. The van der Waals surface area contributed by atoms with Gasteiger partial charge in [-0.05, 0) is 36.1 Å². The van der Waals surface area contributed by atoms with E-state index in [0.717, 1.165) is 24.0 Å². The lowest BCUT2D eigenvalue weighted by Gasteiger charge is -2.11. The highest BCUT2D eigenvalue weighted by Gasteiger charge is 2.46. The number of hydrogen-bond donors (Lipinski definition) is 1. The average molecular weight is 208 g/mol. The van der Waals surface area contributed by atoms with Crippen LogP contribution in [0, 0.1) is 11.3 Å². The van der Waals surface area contributed by atoms with Crippen LogP contribution in [0.15, 0.2) is 18.2 Å². The standard InChI is InChI=1S/C11H10ClNO/c12-9-1-2-10(8(5-9)6-14)11(7-13)3-4-11/h1-2,5,14H,3-4,6H2. The van der Waals surface area contributed by atoms with E-state index in [4.69, 9.17) is 22.0 Å². The quantitative estimate of drug-likeness (QED) is 0.809. The molecule has 0 aromatic heterocycles. The summed E-state index contributed by atoms with van der Waals surface area (Å²) in [5.74, 6) is 0. The number of rotatable bonds is 2. The summed E-state index contributed by atoms with van der Waals surface area (Å²) in [6, 6.07) is 7.66. The molecule has 72 valence electrons. The molecule has 0 aliphatic heterocycles. The van der Waals surface area contributed by atoms with Crippen LogP contribution in [0.3, 0.4) is 0 Å². The number of nitriles is 1. The highest BCUT2D eigenvalue weighted by molar-refractivity contribution is 6.30. The van der Waals surface area contributed by atoms with E-state index in [-0.39, 0.29) is 12.0 Å². The minimum absolute atomic E-state index is 0.0562. The van der Waals surface area contributed by atoms with Gasteiger partial charge in [0.05, 0.1) is 18.1 Å². The largest absolute Gasteiger partial charge is 0.392 e. The fraction of sp³-hybridized carbons (Fsp3) is 0.364. The Morgan fingerprint density at radius 1 is 1.50 bits per heavy atom. The summed E-state index contributed by atoms with van der Waals surface area (Å²) in [6.45, 7) is -0.0562. The maximum Gasteiger partial charge on any atom is 0.0827 e. The monoisotopic (exact) mass is 207 g/mol. The molecular weight excluding hydrogens is 198 g/mol. The molecule has 0 unspecified atom stereocenters. The van der Waals surface area contributed by atoms with Gasteiger partial charge in [0.25, 0.3) is 0 Å². The highest BCUT2D eigenvalue weighted by atomic mass is 35.5. The molecule has 1 N–H and O–H groups in total. The molecule has 1 aromatic carbocycles. The van der Waals surface area contributed by atoms with Crippen LogP contribution in [-0.4, -0.2) is 5.11 Å². The molecule has 0 saturated heterocycles. The molecule has 0 spiro atoms. The Bertz CT molecular complexity index is 404. The first-order valence-corrected chi connectivity index (χ1v) is 4.91. The van der Waals surface area contributed by atoms with Crippen LogP contribution < -0.4 is 0 Å². The van der Waals surface area contributed by atoms with Crippen molar-refractivity contribution in [2.75, 3.05) is 0 Å². The van der Waals surface area contributed by atoms with E-state index in [9.17, 15) is 0 Å². The molecule has 1 fully saturated rings. The minimum Gasteiger partial charge on any atom is -0.392 e. The zero-order valence-corrected chi connectivity index (χ0v) is 8.38. The Morgan fingerprint density at radius 3 is 2.71 bits per heavy atom. The van der Waals surface area contributed by atoms with Gasteiger partial charge in [0, 0.05) is 5.02 Å². The van der Waals surface area contributed by atoms with Crippen molar-refractivity contribution in [3.05, 3.63) is 34.3 Å². The lowest BCUT2D eigenvalue weighted by molar-refractivity contribution is 0.280. The Hall–Kier alpha value is -1.04. The van der Waals surface area contributed by atoms with Crippen molar-refractivity contribution in [2.45, 2.75) is 24.9 Å². The highest BCUT2D eigenvalue weighted by Crippen LogP contribution is 2.49. The first-order chi connectivity index (χ1) is 6.72. The number of aliphatic hydroxyl groups is 1. The molecule has 1 aliphatic rings. The van der Waals surface area contributed by atoms with Crippen LogP contribution in [0.25, 0.3) is 0 Å². The van der Waals surface area contributed by atoms with Crippen molar-refractivity contribution in [1.29, 1.82) is 5.26 Å². The van der Waals surface area contributed by atoms with Crippen LogP contribution in [0.1, 0.15) is 24.0 Å². The maximum absolute atomic E-state index is 9.16. The van der Waals surface area contributed by atoms with Gasteiger partial charge in [-0.1, -0.05) is 17.7 Å². The molecule has 1 aromatic rings. The minimum atomic E-state index is -0.345. The van der Waals surface area contributed by atoms with Gasteiger partial charge in [-0.2, -0.15) is 5.26 Å². The lowest BCUT2D eigenvalue weighted by atomic mass is 9.93. The van der Waals surface area contributed by atoms with Crippen molar-refractivity contribution >= 4 is 11.6 Å². The Morgan fingerprint density at radius 2 is 2.21 bits per heavy atom. The molecule has 0 amide bonds. The maximum atomic E-state index is 9.16. The van der Waals surface area contributed by atoms with Crippen LogP contribution in [-0.2, 0) is 12.0 Å². The summed E-state index contributed by atoms with van der Waals surface area (Å²) in [5, 5.41) is 18.8. The summed E-state index contributed by atoms with van der Waals surface area (Å²) < 4.78 is 0. The van der Waals surface area contributed by atoms with Gasteiger partial charge in [0.2, 0.25) is 0 Å². The summed E-state index contributed by atoms with van der Waals surface area (Å²) in [6.07, 6.45) is 1.77. The van der Waals surface area contributed by atoms with Gasteiger partial charge < -0.3 is 5.11 Å². The van der Waals surface area contributed by atoms with Gasteiger partial charge in [-0.15, -0.1) is 0 Å². The molecule has 3 heteroatoms. The van der Waals surface area contributed by atoms with Gasteiger partial charge in [-0.3, -0.25) is 0 Å². The number of benzene rings is 1. The number of nitrogens with zero attached hydrogens (tertiary/aromatic N) is 1. The summed E-state index contributed by atoms with van der Waals surface area (Å²) >= 11 is 5.82. The van der Waals surface area contributed by atoms with Crippen LogP contribution in [0.2, 0.25) is 5.02 Å². The van der Waals surface area contributed by atoms with Gasteiger partial charge in [0.1, 0.15) is 0 Å². The molecule has 1 saturated carbocycles. The summed E-state index contributed by atoms with van der Waals surface area (Å²) in [5.41, 5.74) is 1.37. The van der Waals surface area contributed by atoms with Crippen molar-refractivity contribution in [3.8, 4) is 6.07 Å². The third kappa shape index (κ3) is 1.39. The topological polar surface area (TPSA) is 44.0 Å². The SMILES string of the molecule is N#CC1(c2ccc(Cl)cc2CO)CC1. The lowest BCUT2D eigenvalue weighted by Crippen LogP contribution is -2.06. The van der Waals surface area contributed by atoms with E-state index in [0.29, 0.717) is 5.02 Å². The van der Waals surface area contributed by atoms with E-state index in [1.165, 1.54) is 0 Å². The summed E-state index contributed by atoms with van der Waals surface area (Å²) in [4.78, 5) is 0. The molecular formula is C11H10ClNO. The molecule has 14 heavy (non-hydrogen) atoms. The summed E-state index contributed by atoms with van der Waals surface area (Å²) in [7, 11) is 0. The molecule has 0 bridgehead atoms. The van der Waals surface area contributed by atoms with E-state index in [1.807, 2.05) is 6.07 Å². The number of halogens is 1. The molecule has 2 rings (SSSR count). The third-order valence-corrected chi connectivity index (χ3v) is 2.95. The molecule has 1 aliphatic carbocycles. The van der Waals surface area contributed by atoms with Crippen molar-refractivity contribution in [3.63, 3.8) is 0 Å². The zero-order valence-electron chi connectivity index (χ0n) is 7.63. The van der Waals surface area contributed by atoms with E-state index < -0.39 is 0 Å². The first kappa shape index (κ1) is 9.51. The predicted octanol–water partition coefficient (Wildman–Crippen LogP) is 2.39. The fourth-order valence-electron chi connectivity index (χ4n) is 1.73. The van der Waals surface area contributed by atoms with Crippen LogP contribution in [0.5, 0.6) is 0 Å². The first-order valence-electron chi connectivity index (χ1n) is 4.53. The van der Waals surface area contributed by atoms with Gasteiger partial charge in [0.15, 0.2) is 0 Å². The molecule has 2 nitrogen and oxygen atoms in total. The number of aliphatic hydroxyl groups excluding tert-OH is 1. The molecule has 0 atom stereocenters. The number of hydrogen-bond acceptors (Lipinski definition) is 2. The smallest absolute Gasteiger partial charge is 0.0827 e. The fourth-order valence-corrected chi connectivity index (χ4v) is 1.92. The molecule has 0 radical (unpaired) electrons. The van der Waals surface area contributed by atoms with Gasteiger partial charge in [-0.25, -0.2) is 0 Å². The Kier molecular flexibility index (Phi) is 2.22. The van der Waals surface area contributed by atoms with Crippen molar-refractivity contribution < 1.29 is 5.11 Å². The van der Waals surface area contributed by atoms with Gasteiger partial charge >= 0.3 is 0 Å². The average Bonchev–Trinajstić information content (AvgIpc) is 2.98.